The number of benzene rings is 1. The first-order chi connectivity index (χ1) is 15.5. The van der Waals surface area contributed by atoms with Gasteiger partial charge in [0.15, 0.2) is 6.10 Å². The summed E-state index contributed by atoms with van der Waals surface area (Å²) in [4.78, 5) is 39.7. The van der Waals surface area contributed by atoms with E-state index in [2.05, 4.69) is 5.32 Å². The van der Waals surface area contributed by atoms with Gasteiger partial charge in [0.1, 0.15) is 5.00 Å². The average Bonchev–Trinajstić information content (AvgIpc) is 3.06. The van der Waals surface area contributed by atoms with E-state index in [1.54, 1.807) is 25.1 Å². The second kappa shape index (κ2) is 10.0. The van der Waals surface area contributed by atoms with E-state index in [1.807, 2.05) is 6.92 Å². The lowest BCUT2D eigenvalue weighted by Crippen LogP contribution is -2.52. The van der Waals surface area contributed by atoms with Crippen LogP contribution in [0.4, 0.5) is 5.00 Å². The van der Waals surface area contributed by atoms with E-state index < -0.39 is 28.0 Å². The number of carbonyl (C=O) groups excluding carboxylic acids is 3. The van der Waals surface area contributed by atoms with E-state index in [9.17, 15) is 22.8 Å². The van der Waals surface area contributed by atoms with Gasteiger partial charge in [-0.05, 0) is 38.5 Å². The Morgan fingerprint density at radius 1 is 1.06 bits per heavy atom. The van der Waals surface area contributed by atoms with E-state index in [0.29, 0.717) is 10.6 Å². The molecule has 1 N–H and O–H groups in total. The summed E-state index contributed by atoms with van der Waals surface area (Å²) in [6.45, 7) is 7.12. The second-order valence-corrected chi connectivity index (χ2v) is 10.9. The number of anilines is 1. The Morgan fingerprint density at radius 3 is 2.24 bits per heavy atom. The molecule has 1 saturated heterocycles. The molecule has 0 aliphatic carbocycles. The first-order valence-corrected chi connectivity index (χ1v) is 12.7. The van der Waals surface area contributed by atoms with Crippen LogP contribution in [0.15, 0.2) is 35.2 Å². The van der Waals surface area contributed by atoms with Crippen LogP contribution < -0.4 is 5.32 Å². The average molecular weight is 494 g/mol. The summed E-state index contributed by atoms with van der Waals surface area (Å²) < 4.78 is 32.3. The number of aryl methyl sites for hydroxylation is 1. The van der Waals surface area contributed by atoms with Crippen molar-refractivity contribution in [3.05, 3.63) is 46.3 Å². The third kappa shape index (κ3) is 5.43. The van der Waals surface area contributed by atoms with Crippen molar-refractivity contribution in [2.24, 2.45) is 0 Å². The van der Waals surface area contributed by atoms with E-state index in [4.69, 9.17) is 4.74 Å². The summed E-state index contributed by atoms with van der Waals surface area (Å²) in [6, 6.07) is 8.15. The Kier molecular flexibility index (Phi) is 7.55. The third-order valence-electron chi connectivity index (χ3n) is 5.44. The number of esters is 1. The molecule has 33 heavy (non-hydrogen) atoms. The Hall–Kier alpha value is -2.76. The van der Waals surface area contributed by atoms with Crippen LogP contribution in [0.3, 0.4) is 0 Å². The molecule has 11 heteroatoms. The van der Waals surface area contributed by atoms with Gasteiger partial charge in [-0.3, -0.25) is 9.59 Å². The Bertz CT molecular complexity index is 1150. The maximum absolute atomic E-state index is 12.9. The Labute approximate surface area is 197 Å². The number of amides is 2. The maximum atomic E-state index is 12.9. The number of carbonyl (C=O) groups is 3. The first-order valence-electron chi connectivity index (χ1n) is 10.4. The zero-order valence-electron chi connectivity index (χ0n) is 19.0. The van der Waals surface area contributed by atoms with Crippen LogP contribution in [0.25, 0.3) is 0 Å². The van der Waals surface area contributed by atoms with Crippen molar-refractivity contribution in [3.8, 4) is 0 Å². The number of nitrogens with zero attached hydrogens (tertiary/aromatic N) is 2. The van der Waals surface area contributed by atoms with Gasteiger partial charge < -0.3 is 15.0 Å². The van der Waals surface area contributed by atoms with E-state index in [1.165, 1.54) is 46.5 Å². The summed E-state index contributed by atoms with van der Waals surface area (Å²) >= 11 is 1.27. The SMILES string of the molecule is CC(=O)Nc1sc(C)c(C)c1C(=O)OC(C)C(=O)N1CCN(S(=O)(=O)c2ccccc2)CC1. The van der Waals surface area contributed by atoms with Crippen LogP contribution >= 0.6 is 11.3 Å². The van der Waals surface area contributed by atoms with Gasteiger partial charge in [-0.2, -0.15) is 4.31 Å². The molecule has 2 aromatic rings. The molecular weight excluding hydrogens is 466 g/mol. The van der Waals surface area contributed by atoms with Gasteiger partial charge in [0.25, 0.3) is 5.91 Å². The third-order valence-corrected chi connectivity index (χ3v) is 8.48. The molecule has 1 aromatic heterocycles. The molecule has 1 unspecified atom stereocenters. The predicted octanol–water partition coefficient (Wildman–Crippen LogP) is 2.40. The topological polar surface area (TPSA) is 113 Å². The molecule has 0 bridgehead atoms. The van der Waals surface area contributed by atoms with Crippen LogP contribution in [-0.4, -0.2) is 67.7 Å². The lowest BCUT2D eigenvalue weighted by atomic mass is 10.1. The Balaban J connectivity index is 1.63. The maximum Gasteiger partial charge on any atom is 0.342 e. The summed E-state index contributed by atoms with van der Waals surface area (Å²) in [5.74, 6) is -1.39. The number of ether oxygens (including phenoxy) is 1. The van der Waals surface area contributed by atoms with Gasteiger partial charge in [0, 0.05) is 38.0 Å². The molecule has 1 aliphatic heterocycles. The van der Waals surface area contributed by atoms with Crippen molar-refractivity contribution in [1.82, 2.24) is 9.21 Å². The normalized spacial score (nSPS) is 15.7. The molecule has 2 heterocycles. The first kappa shape index (κ1) is 24.9. The number of hydrogen-bond donors (Lipinski definition) is 1. The number of thiophene rings is 1. The lowest BCUT2D eigenvalue weighted by molar-refractivity contribution is -0.141. The fourth-order valence-electron chi connectivity index (χ4n) is 3.54. The molecule has 0 radical (unpaired) electrons. The number of nitrogens with one attached hydrogen (secondary N) is 1. The molecule has 1 atom stereocenters. The standard InChI is InChI=1S/C22H27N3O6S2/c1-14-16(3)32-20(23-17(4)26)19(14)22(28)31-15(2)21(27)24-10-12-25(13-11-24)33(29,30)18-8-6-5-7-9-18/h5-9,15H,10-13H2,1-4H3,(H,23,26). The van der Waals surface area contributed by atoms with Crippen LogP contribution in [0.2, 0.25) is 0 Å². The van der Waals surface area contributed by atoms with Gasteiger partial charge in [-0.15, -0.1) is 11.3 Å². The molecular formula is C22H27N3O6S2. The van der Waals surface area contributed by atoms with Crippen LogP contribution in [0.5, 0.6) is 0 Å². The zero-order valence-corrected chi connectivity index (χ0v) is 20.6. The van der Waals surface area contributed by atoms with Gasteiger partial charge in [0.2, 0.25) is 15.9 Å². The molecule has 0 saturated carbocycles. The molecule has 1 aromatic carbocycles. The van der Waals surface area contributed by atoms with E-state index in [0.717, 1.165) is 4.88 Å². The summed E-state index contributed by atoms with van der Waals surface area (Å²) in [6.07, 6.45) is -1.06. The van der Waals surface area contributed by atoms with Crippen molar-refractivity contribution in [1.29, 1.82) is 0 Å². The predicted molar refractivity (Wildman–Crippen MR) is 125 cm³/mol. The second-order valence-electron chi connectivity index (χ2n) is 7.76. The molecule has 2 amide bonds. The number of hydrogen-bond acceptors (Lipinski definition) is 7. The summed E-state index contributed by atoms with van der Waals surface area (Å²) in [5.41, 5.74) is 0.930. The quantitative estimate of drug-likeness (QED) is 0.619. The van der Waals surface area contributed by atoms with Crippen molar-refractivity contribution < 1.29 is 27.5 Å². The van der Waals surface area contributed by atoms with Crippen molar-refractivity contribution in [2.45, 2.75) is 38.7 Å². The molecule has 178 valence electrons. The van der Waals surface area contributed by atoms with Crippen LogP contribution in [0.1, 0.15) is 34.6 Å². The minimum Gasteiger partial charge on any atom is -0.449 e. The van der Waals surface area contributed by atoms with Gasteiger partial charge in [-0.25, -0.2) is 13.2 Å². The molecule has 3 rings (SSSR count). The van der Waals surface area contributed by atoms with E-state index >= 15 is 0 Å². The van der Waals surface area contributed by atoms with E-state index in [-0.39, 0.29) is 42.5 Å². The highest BCUT2D eigenvalue weighted by Gasteiger charge is 2.33. The largest absolute Gasteiger partial charge is 0.449 e. The fraction of sp³-hybridized carbons (Fsp3) is 0.409. The van der Waals surface area contributed by atoms with Gasteiger partial charge in [0.05, 0.1) is 10.5 Å². The summed E-state index contributed by atoms with van der Waals surface area (Å²) in [5, 5.41) is 3.03. The van der Waals surface area contributed by atoms with Crippen molar-refractivity contribution in [3.63, 3.8) is 0 Å². The zero-order chi connectivity index (χ0) is 24.3. The monoisotopic (exact) mass is 493 g/mol. The van der Waals surface area contributed by atoms with Crippen LogP contribution in [-0.2, 0) is 24.3 Å². The number of piperazine rings is 1. The lowest BCUT2D eigenvalue weighted by Gasteiger charge is -2.35. The number of sulfonamides is 1. The molecule has 9 nitrogen and oxygen atoms in total. The highest BCUT2D eigenvalue weighted by atomic mass is 32.2. The van der Waals surface area contributed by atoms with Crippen molar-refractivity contribution >= 4 is 44.1 Å². The molecule has 0 spiro atoms. The molecule has 1 aliphatic rings. The highest BCUT2D eigenvalue weighted by molar-refractivity contribution is 7.89. The van der Waals surface area contributed by atoms with Crippen LogP contribution in [0, 0.1) is 13.8 Å². The van der Waals surface area contributed by atoms with Gasteiger partial charge in [-0.1, -0.05) is 18.2 Å². The minimum atomic E-state index is -3.63. The smallest absolute Gasteiger partial charge is 0.342 e. The summed E-state index contributed by atoms with van der Waals surface area (Å²) in [7, 11) is -3.63. The minimum absolute atomic E-state index is 0.152. The number of rotatable bonds is 6. The Morgan fingerprint density at radius 2 is 1.67 bits per heavy atom. The van der Waals surface area contributed by atoms with Crippen molar-refractivity contribution in [2.75, 3.05) is 31.5 Å². The molecule has 1 fully saturated rings. The van der Waals surface area contributed by atoms with Gasteiger partial charge >= 0.3 is 5.97 Å². The fourth-order valence-corrected chi connectivity index (χ4v) is 6.08. The highest BCUT2D eigenvalue weighted by Crippen LogP contribution is 2.33.